The molecule has 0 saturated carbocycles. The second kappa shape index (κ2) is 6.35. The van der Waals surface area contributed by atoms with Crippen LogP contribution in [0.5, 0.6) is 11.5 Å². The van der Waals surface area contributed by atoms with Crippen LogP contribution in [0.2, 0.25) is 0 Å². The summed E-state index contributed by atoms with van der Waals surface area (Å²) in [6.45, 7) is 4.69. The van der Waals surface area contributed by atoms with Gasteiger partial charge in [0.2, 0.25) is 0 Å². The highest BCUT2D eigenvalue weighted by molar-refractivity contribution is 5.43. The van der Waals surface area contributed by atoms with Crippen molar-refractivity contribution < 1.29 is 14.2 Å². The fraction of sp³-hybridized carbons (Fsp3) is 0.500. The lowest BCUT2D eigenvalue weighted by atomic mass is 10.1. The molecule has 90 valence electrons. The van der Waals surface area contributed by atoms with Gasteiger partial charge in [0.1, 0.15) is 0 Å². The average Bonchev–Trinajstić information content (AvgIpc) is 2.29. The summed E-state index contributed by atoms with van der Waals surface area (Å²) in [7, 11) is 1.60. The van der Waals surface area contributed by atoms with Crippen LogP contribution in [0.25, 0.3) is 0 Å². The minimum atomic E-state index is -0.0187. The zero-order valence-electron chi connectivity index (χ0n) is 10.0. The van der Waals surface area contributed by atoms with Crippen LogP contribution in [0.3, 0.4) is 0 Å². The molecule has 0 aliphatic heterocycles. The van der Waals surface area contributed by atoms with Crippen LogP contribution in [-0.2, 0) is 4.74 Å². The smallest absolute Gasteiger partial charge is 0.189 e. The fourth-order valence-corrected chi connectivity index (χ4v) is 1.28. The van der Waals surface area contributed by atoms with Crippen molar-refractivity contribution in [3.8, 4) is 11.5 Å². The van der Waals surface area contributed by atoms with E-state index in [-0.39, 0.29) is 12.8 Å². The minimum absolute atomic E-state index is 0.0187. The largest absolute Gasteiger partial charge is 0.493 e. The number of rotatable bonds is 6. The third-order valence-corrected chi connectivity index (χ3v) is 2.22. The van der Waals surface area contributed by atoms with Gasteiger partial charge in [0.25, 0.3) is 0 Å². The number of benzene rings is 1. The Bertz CT molecular complexity index is 326. The van der Waals surface area contributed by atoms with E-state index in [4.69, 9.17) is 19.9 Å². The molecule has 4 nitrogen and oxygen atoms in total. The number of nitrogens with two attached hydrogens (primary N) is 1. The predicted molar refractivity (Wildman–Crippen MR) is 62.7 cm³/mol. The van der Waals surface area contributed by atoms with Gasteiger partial charge in [0.05, 0.1) is 7.11 Å². The average molecular weight is 225 g/mol. The van der Waals surface area contributed by atoms with E-state index in [1.165, 1.54) is 0 Å². The molecule has 0 bridgehead atoms. The summed E-state index contributed by atoms with van der Waals surface area (Å²) in [4.78, 5) is 0. The number of hydrogen-bond acceptors (Lipinski definition) is 4. The van der Waals surface area contributed by atoms with Crippen molar-refractivity contribution in [2.45, 2.75) is 19.9 Å². The van der Waals surface area contributed by atoms with Crippen LogP contribution in [0, 0.1) is 0 Å². The van der Waals surface area contributed by atoms with Gasteiger partial charge >= 0.3 is 0 Å². The quantitative estimate of drug-likeness (QED) is 0.595. The standard InChI is InChI=1S/C12H19NO3/c1-4-15-8-16-11-6-5-10(9(2)13)7-12(11)14-3/h5-7,9H,4,8,13H2,1-3H3/t9-/m0/s1. The number of methoxy groups -OCH3 is 1. The van der Waals surface area contributed by atoms with Gasteiger partial charge in [-0.2, -0.15) is 0 Å². The van der Waals surface area contributed by atoms with Crippen LogP contribution in [0.4, 0.5) is 0 Å². The first-order valence-corrected chi connectivity index (χ1v) is 5.33. The molecule has 1 rings (SSSR count). The molecule has 0 saturated heterocycles. The van der Waals surface area contributed by atoms with Crippen molar-refractivity contribution in [3.05, 3.63) is 23.8 Å². The van der Waals surface area contributed by atoms with Crippen LogP contribution in [-0.4, -0.2) is 20.5 Å². The highest BCUT2D eigenvalue weighted by Gasteiger charge is 2.07. The molecule has 0 aliphatic carbocycles. The molecule has 1 aromatic carbocycles. The van der Waals surface area contributed by atoms with E-state index in [0.29, 0.717) is 18.1 Å². The maximum atomic E-state index is 5.79. The molecular weight excluding hydrogens is 206 g/mol. The summed E-state index contributed by atoms with van der Waals surface area (Å²) < 4.78 is 15.8. The second-order valence-electron chi connectivity index (χ2n) is 3.45. The molecule has 0 aromatic heterocycles. The number of hydrogen-bond donors (Lipinski definition) is 1. The highest BCUT2D eigenvalue weighted by Crippen LogP contribution is 2.29. The number of ether oxygens (including phenoxy) is 3. The Kier molecular flexibility index (Phi) is 5.08. The van der Waals surface area contributed by atoms with E-state index in [0.717, 1.165) is 5.56 Å². The first-order chi connectivity index (χ1) is 7.69. The SMILES string of the molecule is CCOCOc1ccc([C@H](C)N)cc1OC. The minimum Gasteiger partial charge on any atom is -0.493 e. The molecule has 0 heterocycles. The van der Waals surface area contributed by atoms with Gasteiger partial charge in [0.15, 0.2) is 18.3 Å². The van der Waals surface area contributed by atoms with E-state index < -0.39 is 0 Å². The third-order valence-electron chi connectivity index (χ3n) is 2.22. The molecule has 0 aliphatic rings. The Labute approximate surface area is 96.3 Å². The van der Waals surface area contributed by atoms with Crippen molar-refractivity contribution in [1.82, 2.24) is 0 Å². The molecular formula is C12H19NO3. The second-order valence-corrected chi connectivity index (χ2v) is 3.45. The van der Waals surface area contributed by atoms with Gasteiger partial charge < -0.3 is 19.9 Å². The van der Waals surface area contributed by atoms with Crippen LogP contribution in [0.15, 0.2) is 18.2 Å². The molecule has 0 amide bonds. The Balaban J connectivity index is 2.76. The van der Waals surface area contributed by atoms with E-state index in [1.807, 2.05) is 32.0 Å². The highest BCUT2D eigenvalue weighted by atomic mass is 16.7. The summed E-state index contributed by atoms with van der Waals surface area (Å²) in [5, 5.41) is 0. The maximum absolute atomic E-state index is 5.79. The van der Waals surface area contributed by atoms with E-state index in [1.54, 1.807) is 7.11 Å². The maximum Gasteiger partial charge on any atom is 0.189 e. The topological polar surface area (TPSA) is 53.7 Å². The summed E-state index contributed by atoms with van der Waals surface area (Å²) in [5.41, 5.74) is 6.80. The molecule has 1 atom stereocenters. The van der Waals surface area contributed by atoms with Gasteiger partial charge in [-0.05, 0) is 31.5 Å². The molecule has 1 aromatic rings. The van der Waals surface area contributed by atoms with Gasteiger partial charge in [-0.15, -0.1) is 0 Å². The molecule has 0 unspecified atom stereocenters. The zero-order valence-corrected chi connectivity index (χ0v) is 10.0. The molecule has 0 fully saturated rings. The summed E-state index contributed by atoms with van der Waals surface area (Å²) in [5.74, 6) is 1.34. The Morgan fingerprint density at radius 2 is 2.06 bits per heavy atom. The lowest BCUT2D eigenvalue weighted by molar-refractivity contribution is 0.0209. The Hall–Kier alpha value is -1.26. The fourth-order valence-electron chi connectivity index (χ4n) is 1.28. The van der Waals surface area contributed by atoms with Crippen molar-refractivity contribution in [2.75, 3.05) is 20.5 Å². The van der Waals surface area contributed by atoms with Crippen molar-refractivity contribution in [1.29, 1.82) is 0 Å². The predicted octanol–water partition coefficient (Wildman–Crippen LogP) is 2.09. The lowest BCUT2D eigenvalue weighted by Gasteiger charge is -2.13. The van der Waals surface area contributed by atoms with Gasteiger partial charge in [-0.3, -0.25) is 0 Å². The molecule has 16 heavy (non-hydrogen) atoms. The molecule has 0 radical (unpaired) electrons. The van der Waals surface area contributed by atoms with Gasteiger partial charge in [-0.25, -0.2) is 0 Å². The normalized spacial score (nSPS) is 12.2. The third kappa shape index (κ3) is 3.40. The van der Waals surface area contributed by atoms with Crippen LogP contribution >= 0.6 is 0 Å². The van der Waals surface area contributed by atoms with E-state index >= 15 is 0 Å². The first-order valence-electron chi connectivity index (χ1n) is 5.33. The van der Waals surface area contributed by atoms with Crippen molar-refractivity contribution in [3.63, 3.8) is 0 Å². The summed E-state index contributed by atoms with van der Waals surface area (Å²) >= 11 is 0. The monoisotopic (exact) mass is 225 g/mol. The van der Waals surface area contributed by atoms with Gasteiger partial charge in [-0.1, -0.05) is 6.07 Å². The molecule has 2 N–H and O–H groups in total. The molecule has 0 spiro atoms. The zero-order chi connectivity index (χ0) is 12.0. The Morgan fingerprint density at radius 3 is 2.62 bits per heavy atom. The summed E-state index contributed by atoms with van der Waals surface area (Å²) in [6.07, 6.45) is 0. The van der Waals surface area contributed by atoms with Crippen molar-refractivity contribution >= 4 is 0 Å². The summed E-state index contributed by atoms with van der Waals surface area (Å²) in [6, 6.07) is 5.63. The lowest BCUT2D eigenvalue weighted by Crippen LogP contribution is -2.07. The van der Waals surface area contributed by atoms with Gasteiger partial charge in [0, 0.05) is 12.6 Å². The van der Waals surface area contributed by atoms with E-state index in [9.17, 15) is 0 Å². The van der Waals surface area contributed by atoms with Crippen LogP contribution < -0.4 is 15.2 Å². The molecule has 4 heteroatoms. The van der Waals surface area contributed by atoms with Crippen LogP contribution in [0.1, 0.15) is 25.5 Å². The Morgan fingerprint density at radius 1 is 1.31 bits per heavy atom. The van der Waals surface area contributed by atoms with E-state index in [2.05, 4.69) is 0 Å². The first kappa shape index (κ1) is 12.8. The van der Waals surface area contributed by atoms with Crippen molar-refractivity contribution in [2.24, 2.45) is 5.73 Å².